The molecule has 1 unspecified atom stereocenters. The van der Waals surface area contributed by atoms with Crippen molar-refractivity contribution in [2.75, 3.05) is 20.1 Å². The van der Waals surface area contributed by atoms with Gasteiger partial charge in [-0.05, 0) is 62.2 Å². The molecule has 0 bridgehead atoms. The molecule has 1 aromatic carbocycles. The summed E-state index contributed by atoms with van der Waals surface area (Å²) in [6, 6.07) is 8.97. The van der Waals surface area contributed by atoms with E-state index in [0.29, 0.717) is 6.42 Å². The minimum absolute atomic E-state index is 0.265. The van der Waals surface area contributed by atoms with E-state index in [1.807, 2.05) is 6.92 Å². The van der Waals surface area contributed by atoms with Gasteiger partial charge in [0.2, 0.25) is 0 Å². The molecule has 1 aromatic rings. The fourth-order valence-electron chi connectivity index (χ4n) is 3.24. The topological polar surface area (TPSA) is 20.3 Å². The first-order valence-electron chi connectivity index (χ1n) is 9.09. The van der Waals surface area contributed by atoms with Crippen LogP contribution >= 0.6 is 0 Å². The second-order valence-electron chi connectivity index (χ2n) is 8.19. The molecule has 2 rings (SSSR count). The van der Waals surface area contributed by atoms with Crippen molar-refractivity contribution in [2.24, 2.45) is 5.92 Å². The third kappa shape index (κ3) is 7.44. The first kappa shape index (κ1) is 20.6. The second kappa shape index (κ2) is 9.78. The van der Waals surface area contributed by atoms with E-state index in [2.05, 4.69) is 63.6 Å². The van der Waals surface area contributed by atoms with Crippen LogP contribution in [0, 0.1) is 5.92 Å². The molecule has 0 aromatic heterocycles. The lowest BCUT2D eigenvalue weighted by atomic mass is 9.81. The summed E-state index contributed by atoms with van der Waals surface area (Å²) in [7, 11) is 2.23. The lowest BCUT2D eigenvalue weighted by molar-refractivity contribution is -0.107. The van der Waals surface area contributed by atoms with Gasteiger partial charge in [0.25, 0.3) is 0 Å². The SMILES string of the molecule is C=C(C)CCC=O.CN1CCC(Cc2ccccc2C(C)(C)C)C1. The number of carbonyl (C=O) groups excluding carboxylic acids is 1. The number of hydrogen-bond acceptors (Lipinski definition) is 2. The first-order valence-corrected chi connectivity index (χ1v) is 9.09. The molecule has 2 heteroatoms. The van der Waals surface area contributed by atoms with Crippen LogP contribution in [0.2, 0.25) is 0 Å². The van der Waals surface area contributed by atoms with E-state index in [4.69, 9.17) is 0 Å². The Labute approximate surface area is 149 Å². The lowest BCUT2D eigenvalue weighted by Gasteiger charge is -2.24. The van der Waals surface area contributed by atoms with Crippen LogP contribution in [0.25, 0.3) is 0 Å². The summed E-state index contributed by atoms with van der Waals surface area (Å²) in [5.74, 6) is 0.850. The van der Waals surface area contributed by atoms with E-state index in [9.17, 15) is 4.79 Å². The van der Waals surface area contributed by atoms with Crippen molar-refractivity contribution in [3.8, 4) is 0 Å². The van der Waals surface area contributed by atoms with Crippen LogP contribution in [0.3, 0.4) is 0 Å². The fraction of sp³-hybridized carbons (Fsp3) is 0.591. The number of hydrogen-bond donors (Lipinski definition) is 0. The Morgan fingerprint density at radius 3 is 2.46 bits per heavy atom. The van der Waals surface area contributed by atoms with E-state index in [0.717, 1.165) is 24.2 Å². The summed E-state index contributed by atoms with van der Waals surface area (Å²) in [6.45, 7) is 15.0. The van der Waals surface area contributed by atoms with E-state index < -0.39 is 0 Å². The summed E-state index contributed by atoms with van der Waals surface area (Å²) < 4.78 is 0. The van der Waals surface area contributed by atoms with Crippen molar-refractivity contribution in [3.05, 3.63) is 47.5 Å². The third-order valence-corrected chi connectivity index (χ3v) is 4.51. The summed E-state index contributed by atoms with van der Waals surface area (Å²) in [5, 5.41) is 0. The molecule has 0 amide bonds. The van der Waals surface area contributed by atoms with Crippen LogP contribution in [0.5, 0.6) is 0 Å². The highest BCUT2D eigenvalue weighted by atomic mass is 16.1. The molecule has 0 N–H and O–H groups in total. The molecule has 1 saturated heterocycles. The van der Waals surface area contributed by atoms with Gasteiger partial charge in [0.05, 0.1) is 0 Å². The van der Waals surface area contributed by atoms with Gasteiger partial charge >= 0.3 is 0 Å². The number of rotatable bonds is 5. The lowest BCUT2D eigenvalue weighted by Crippen LogP contribution is -2.18. The number of nitrogens with zero attached hydrogens (tertiary/aromatic N) is 1. The Morgan fingerprint density at radius 2 is 2.00 bits per heavy atom. The molecular weight excluding hydrogens is 294 g/mol. The summed E-state index contributed by atoms with van der Waals surface area (Å²) in [5.41, 5.74) is 4.42. The molecule has 2 nitrogen and oxygen atoms in total. The van der Waals surface area contributed by atoms with Crippen molar-refractivity contribution in [1.29, 1.82) is 0 Å². The highest BCUT2D eigenvalue weighted by Gasteiger charge is 2.23. The Balaban J connectivity index is 0.000000351. The zero-order valence-electron chi connectivity index (χ0n) is 16.3. The predicted molar refractivity (Wildman–Crippen MR) is 105 cm³/mol. The molecule has 24 heavy (non-hydrogen) atoms. The minimum Gasteiger partial charge on any atom is -0.306 e. The van der Waals surface area contributed by atoms with Gasteiger partial charge in [-0.15, -0.1) is 6.58 Å². The molecule has 1 aliphatic rings. The van der Waals surface area contributed by atoms with Gasteiger partial charge in [0.15, 0.2) is 0 Å². The zero-order chi connectivity index (χ0) is 18.2. The van der Waals surface area contributed by atoms with Crippen molar-refractivity contribution in [3.63, 3.8) is 0 Å². The first-order chi connectivity index (χ1) is 11.2. The standard InChI is InChI=1S/C16H25N.C6H10O/c1-16(2,3)15-8-6-5-7-14(15)11-13-9-10-17(4)12-13;1-6(2)4-3-5-7/h5-8,13H,9-12H2,1-4H3;5H,1,3-4H2,2H3. The van der Waals surface area contributed by atoms with Gasteiger partial charge in [0.1, 0.15) is 6.29 Å². The van der Waals surface area contributed by atoms with Gasteiger partial charge in [-0.3, -0.25) is 0 Å². The Bertz CT molecular complexity index is 527. The second-order valence-corrected chi connectivity index (χ2v) is 8.19. The van der Waals surface area contributed by atoms with E-state index in [-0.39, 0.29) is 5.41 Å². The highest BCUT2D eigenvalue weighted by Crippen LogP contribution is 2.29. The number of aldehydes is 1. The molecule has 1 fully saturated rings. The fourth-order valence-corrected chi connectivity index (χ4v) is 3.24. The van der Waals surface area contributed by atoms with Gasteiger partial charge in [-0.25, -0.2) is 0 Å². The summed E-state index contributed by atoms with van der Waals surface area (Å²) in [6.07, 6.45) is 4.97. The Morgan fingerprint density at radius 1 is 1.33 bits per heavy atom. The largest absolute Gasteiger partial charge is 0.306 e. The number of likely N-dealkylation sites (tertiary alicyclic amines) is 1. The maximum Gasteiger partial charge on any atom is 0.120 e. The van der Waals surface area contributed by atoms with Crippen LogP contribution in [-0.2, 0) is 16.6 Å². The molecule has 0 radical (unpaired) electrons. The monoisotopic (exact) mass is 329 g/mol. The van der Waals surface area contributed by atoms with Crippen LogP contribution in [0.15, 0.2) is 36.4 Å². The third-order valence-electron chi connectivity index (χ3n) is 4.51. The molecule has 134 valence electrons. The molecular formula is C22H35NO. The maximum atomic E-state index is 9.67. The van der Waals surface area contributed by atoms with E-state index >= 15 is 0 Å². The van der Waals surface area contributed by atoms with Crippen LogP contribution in [0.1, 0.15) is 58.1 Å². The summed E-state index contributed by atoms with van der Waals surface area (Å²) >= 11 is 0. The maximum absolute atomic E-state index is 9.67. The molecule has 1 aliphatic heterocycles. The van der Waals surface area contributed by atoms with Crippen molar-refractivity contribution in [2.45, 2.75) is 58.8 Å². The number of carbonyl (C=O) groups is 1. The normalized spacial score (nSPS) is 18.0. The van der Waals surface area contributed by atoms with Gasteiger partial charge in [-0.2, -0.15) is 0 Å². The Hall–Kier alpha value is -1.41. The Kier molecular flexibility index (Phi) is 8.41. The molecule has 0 saturated carbocycles. The van der Waals surface area contributed by atoms with Crippen LogP contribution < -0.4 is 0 Å². The van der Waals surface area contributed by atoms with Crippen molar-refractivity contribution >= 4 is 6.29 Å². The predicted octanol–water partition coefficient (Wildman–Crippen LogP) is 5.02. The van der Waals surface area contributed by atoms with Crippen molar-refractivity contribution < 1.29 is 4.79 Å². The van der Waals surface area contributed by atoms with Gasteiger partial charge < -0.3 is 9.69 Å². The molecule has 1 atom stereocenters. The van der Waals surface area contributed by atoms with Crippen molar-refractivity contribution in [1.82, 2.24) is 4.90 Å². The number of benzene rings is 1. The minimum atomic E-state index is 0.265. The highest BCUT2D eigenvalue weighted by molar-refractivity contribution is 5.49. The van der Waals surface area contributed by atoms with Gasteiger partial charge in [-0.1, -0.05) is 50.6 Å². The molecule has 1 heterocycles. The smallest absolute Gasteiger partial charge is 0.120 e. The quantitative estimate of drug-likeness (QED) is 0.558. The van der Waals surface area contributed by atoms with Crippen LogP contribution in [0.4, 0.5) is 0 Å². The average molecular weight is 330 g/mol. The van der Waals surface area contributed by atoms with E-state index in [1.54, 1.807) is 5.56 Å². The zero-order valence-corrected chi connectivity index (χ0v) is 16.3. The van der Waals surface area contributed by atoms with E-state index in [1.165, 1.54) is 31.5 Å². The summed E-state index contributed by atoms with van der Waals surface area (Å²) in [4.78, 5) is 12.1. The van der Waals surface area contributed by atoms with Crippen LogP contribution in [-0.4, -0.2) is 31.3 Å². The molecule has 0 aliphatic carbocycles. The number of allylic oxidation sites excluding steroid dienone is 1. The van der Waals surface area contributed by atoms with Gasteiger partial charge in [0, 0.05) is 13.0 Å². The average Bonchev–Trinajstić information content (AvgIpc) is 2.90. The molecule has 0 spiro atoms.